The summed E-state index contributed by atoms with van der Waals surface area (Å²) in [7, 11) is 0. The lowest BCUT2D eigenvalue weighted by Crippen LogP contribution is -2.57. The van der Waals surface area contributed by atoms with Crippen LogP contribution in [0, 0.1) is 34.5 Å². The Kier molecular flexibility index (Phi) is 3.73. The van der Waals surface area contributed by atoms with Crippen LogP contribution >= 0.6 is 22.6 Å². The van der Waals surface area contributed by atoms with Crippen molar-refractivity contribution in [3.63, 3.8) is 0 Å². The van der Waals surface area contributed by atoms with E-state index < -0.39 is 0 Å². The number of carbonyl (C=O) groups is 1. The number of ketones is 1. The number of halogens is 1. The fourth-order valence-corrected chi connectivity index (χ4v) is 8.58. The zero-order chi connectivity index (χ0) is 15.7. The lowest BCUT2D eigenvalue weighted by atomic mass is 9.45. The Labute approximate surface area is 148 Å². The van der Waals surface area contributed by atoms with E-state index in [-0.39, 0.29) is 11.5 Å². The number of aliphatic hydroxyl groups is 1. The second kappa shape index (κ2) is 5.18. The van der Waals surface area contributed by atoms with Crippen molar-refractivity contribution in [1.82, 2.24) is 0 Å². The fourth-order valence-electron chi connectivity index (χ4n) is 7.04. The molecular weight excluding hydrogens is 387 g/mol. The molecule has 0 spiro atoms. The average Bonchev–Trinajstić information content (AvgIpc) is 2.79. The third kappa shape index (κ3) is 1.96. The molecule has 3 heteroatoms. The lowest BCUT2D eigenvalue weighted by molar-refractivity contribution is -0.140. The molecule has 0 saturated heterocycles. The van der Waals surface area contributed by atoms with Gasteiger partial charge in [-0.15, -0.1) is 0 Å². The third-order valence-electron chi connectivity index (χ3n) is 8.38. The van der Waals surface area contributed by atoms with Crippen molar-refractivity contribution in [2.75, 3.05) is 0 Å². The van der Waals surface area contributed by atoms with Gasteiger partial charge in [-0.1, -0.05) is 36.4 Å². The number of fused-ring (bicyclic) bond motifs is 5. The molecule has 0 amide bonds. The fraction of sp³-hybridized carbons (Fsp3) is 0.947. The van der Waals surface area contributed by atoms with Gasteiger partial charge in [-0.05, 0) is 74.0 Å². The van der Waals surface area contributed by atoms with E-state index in [0.717, 1.165) is 37.5 Å². The molecule has 4 aliphatic rings. The molecule has 22 heavy (non-hydrogen) atoms. The monoisotopic (exact) mass is 416 g/mol. The number of rotatable bonds is 0. The standard InChI is InChI=1S/C19H29IO2/c1-18-10-8-15(21)17(20)14(18)4-3-11-12-5-6-16(22)19(12,2)9-7-13(11)18/h11-15,17,21H,3-10H2,1-2H3/t11?,12?,13?,14?,15?,17-,18?,19?/m0/s1. The highest BCUT2D eigenvalue weighted by Crippen LogP contribution is 2.66. The Hall–Kier alpha value is 0.360. The Morgan fingerprint density at radius 1 is 1.00 bits per heavy atom. The maximum atomic E-state index is 12.4. The van der Waals surface area contributed by atoms with Crippen LogP contribution in [0.3, 0.4) is 0 Å². The molecule has 0 bridgehead atoms. The van der Waals surface area contributed by atoms with Gasteiger partial charge in [0.15, 0.2) is 0 Å². The Bertz CT molecular complexity index is 492. The molecule has 4 aliphatic carbocycles. The van der Waals surface area contributed by atoms with Crippen molar-refractivity contribution in [3.8, 4) is 0 Å². The van der Waals surface area contributed by atoms with Crippen molar-refractivity contribution in [3.05, 3.63) is 0 Å². The first-order valence-electron chi connectivity index (χ1n) is 9.23. The van der Waals surface area contributed by atoms with Gasteiger partial charge in [0.1, 0.15) is 5.78 Å². The number of carbonyl (C=O) groups excluding carboxylic acids is 1. The maximum absolute atomic E-state index is 12.4. The van der Waals surface area contributed by atoms with Crippen LogP contribution in [0.1, 0.15) is 65.2 Å². The molecule has 0 radical (unpaired) electrons. The van der Waals surface area contributed by atoms with Gasteiger partial charge in [-0.2, -0.15) is 0 Å². The van der Waals surface area contributed by atoms with Crippen LogP contribution in [0.15, 0.2) is 0 Å². The van der Waals surface area contributed by atoms with E-state index in [1.54, 1.807) is 0 Å². The molecule has 0 aliphatic heterocycles. The summed E-state index contributed by atoms with van der Waals surface area (Å²) in [4.78, 5) is 12.4. The average molecular weight is 416 g/mol. The van der Waals surface area contributed by atoms with Gasteiger partial charge in [0.05, 0.1) is 6.10 Å². The molecule has 0 aromatic carbocycles. The summed E-state index contributed by atoms with van der Waals surface area (Å²) in [5.74, 6) is 3.44. The van der Waals surface area contributed by atoms with Crippen LogP contribution in [0.25, 0.3) is 0 Å². The van der Waals surface area contributed by atoms with Gasteiger partial charge in [0, 0.05) is 15.8 Å². The van der Waals surface area contributed by atoms with Crippen molar-refractivity contribution < 1.29 is 9.90 Å². The Morgan fingerprint density at radius 2 is 1.77 bits per heavy atom. The molecule has 0 aromatic heterocycles. The summed E-state index contributed by atoms with van der Waals surface area (Å²) >= 11 is 2.52. The zero-order valence-electron chi connectivity index (χ0n) is 13.9. The van der Waals surface area contributed by atoms with E-state index in [0.29, 0.717) is 27.0 Å². The molecular formula is C19H29IO2. The first-order chi connectivity index (χ1) is 10.4. The van der Waals surface area contributed by atoms with Crippen LogP contribution in [0.4, 0.5) is 0 Å². The molecule has 124 valence electrons. The number of Topliss-reactive ketones (excluding diaryl/α,β-unsaturated/α-hetero) is 1. The minimum absolute atomic E-state index is 0.00225. The third-order valence-corrected chi connectivity index (χ3v) is 10.1. The normalized spacial score (nSPS) is 57.9. The molecule has 7 unspecified atom stereocenters. The molecule has 4 saturated carbocycles. The molecule has 2 nitrogen and oxygen atoms in total. The number of alkyl halides is 1. The van der Waals surface area contributed by atoms with Crippen LogP contribution < -0.4 is 0 Å². The van der Waals surface area contributed by atoms with Crippen LogP contribution in [-0.4, -0.2) is 20.9 Å². The number of aliphatic hydroxyl groups excluding tert-OH is 1. The summed E-state index contributed by atoms with van der Waals surface area (Å²) in [6.07, 6.45) is 8.97. The van der Waals surface area contributed by atoms with Gasteiger partial charge in [-0.3, -0.25) is 4.79 Å². The molecule has 0 aromatic rings. The van der Waals surface area contributed by atoms with Gasteiger partial charge in [0.25, 0.3) is 0 Å². The zero-order valence-corrected chi connectivity index (χ0v) is 16.0. The highest BCUT2D eigenvalue weighted by atomic mass is 127. The summed E-state index contributed by atoms with van der Waals surface area (Å²) in [5.41, 5.74) is 0.406. The van der Waals surface area contributed by atoms with Gasteiger partial charge in [-0.25, -0.2) is 0 Å². The quantitative estimate of drug-likeness (QED) is 0.470. The second-order valence-electron chi connectivity index (χ2n) is 9.03. The van der Waals surface area contributed by atoms with E-state index in [1.165, 1.54) is 25.7 Å². The minimum atomic E-state index is -0.0999. The molecule has 1 N–H and O–H groups in total. The largest absolute Gasteiger partial charge is 0.392 e. The molecule has 8 atom stereocenters. The first-order valence-corrected chi connectivity index (χ1v) is 10.5. The smallest absolute Gasteiger partial charge is 0.139 e. The van der Waals surface area contributed by atoms with E-state index in [9.17, 15) is 9.90 Å². The predicted octanol–water partition coefficient (Wildman–Crippen LogP) is 4.37. The number of hydrogen-bond acceptors (Lipinski definition) is 2. The summed E-state index contributed by atoms with van der Waals surface area (Å²) in [5, 5.41) is 10.3. The van der Waals surface area contributed by atoms with Crippen molar-refractivity contribution >= 4 is 28.4 Å². The van der Waals surface area contributed by atoms with Crippen LogP contribution in [-0.2, 0) is 4.79 Å². The van der Waals surface area contributed by atoms with E-state index >= 15 is 0 Å². The molecule has 4 rings (SSSR count). The van der Waals surface area contributed by atoms with E-state index in [1.807, 2.05) is 0 Å². The van der Waals surface area contributed by atoms with Crippen molar-refractivity contribution in [2.24, 2.45) is 34.5 Å². The van der Waals surface area contributed by atoms with Gasteiger partial charge in [0.2, 0.25) is 0 Å². The van der Waals surface area contributed by atoms with E-state index in [2.05, 4.69) is 36.4 Å². The highest BCUT2D eigenvalue weighted by molar-refractivity contribution is 14.1. The van der Waals surface area contributed by atoms with Crippen LogP contribution in [0.5, 0.6) is 0 Å². The van der Waals surface area contributed by atoms with Crippen molar-refractivity contribution in [2.45, 2.75) is 75.2 Å². The van der Waals surface area contributed by atoms with E-state index in [4.69, 9.17) is 0 Å². The van der Waals surface area contributed by atoms with Gasteiger partial charge < -0.3 is 5.11 Å². The maximum Gasteiger partial charge on any atom is 0.139 e. The first kappa shape index (κ1) is 15.9. The van der Waals surface area contributed by atoms with Crippen molar-refractivity contribution in [1.29, 1.82) is 0 Å². The molecule has 0 heterocycles. The lowest BCUT2D eigenvalue weighted by Gasteiger charge is -2.61. The SMILES string of the molecule is CC12CCC3C(CCC4[C@H](I)C(O)CCC34C)C1CCC2=O. The predicted molar refractivity (Wildman–Crippen MR) is 95.9 cm³/mol. The Morgan fingerprint density at radius 3 is 2.55 bits per heavy atom. The molecule has 4 fully saturated rings. The summed E-state index contributed by atoms with van der Waals surface area (Å²) < 4.78 is 0.427. The van der Waals surface area contributed by atoms with Crippen LogP contribution in [0.2, 0.25) is 0 Å². The van der Waals surface area contributed by atoms with Gasteiger partial charge >= 0.3 is 0 Å². The summed E-state index contributed by atoms with van der Waals surface area (Å²) in [6.45, 7) is 4.79. The highest BCUT2D eigenvalue weighted by Gasteiger charge is 2.61. The Balaban J connectivity index is 1.65. The number of hydrogen-bond donors (Lipinski definition) is 1. The minimum Gasteiger partial charge on any atom is -0.392 e. The summed E-state index contributed by atoms with van der Waals surface area (Å²) in [6, 6.07) is 0. The topological polar surface area (TPSA) is 37.3 Å². The second-order valence-corrected chi connectivity index (χ2v) is 10.5.